The lowest BCUT2D eigenvalue weighted by molar-refractivity contribution is -0.142. The predicted octanol–water partition coefficient (Wildman–Crippen LogP) is 3.31. The van der Waals surface area contributed by atoms with Crippen LogP contribution in [0.1, 0.15) is 37.7 Å². The van der Waals surface area contributed by atoms with Crippen LogP contribution in [0.15, 0.2) is 30.3 Å². The van der Waals surface area contributed by atoms with E-state index in [0.717, 1.165) is 5.92 Å². The highest BCUT2D eigenvalue weighted by molar-refractivity contribution is 5.83. The van der Waals surface area contributed by atoms with Crippen molar-refractivity contribution in [1.82, 2.24) is 0 Å². The molecule has 3 aliphatic rings. The molecule has 2 heteroatoms. The molecule has 0 N–H and O–H groups in total. The minimum absolute atomic E-state index is 0.0281. The quantitative estimate of drug-likeness (QED) is 0.759. The van der Waals surface area contributed by atoms with E-state index in [1.165, 1.54) is 37.7 Å². The summed E-state index contributed by atoms with van der Waals surface area (Å²) in [7, 11) is 0. The van der Waals surface area contributed by atoms with Crippen LogP contribution in [0.5, 0.6) is 0 Å². The first-order valence-corrected chi connectivity index (χ1v) is 7.56. The molecule has 1 aromatic carbocycles. The van der Waals surface area contributed by atoms with Gasteiger partial charge in [0.1, 0.15) is 6.61 Å². The van der Waals surface area contributed by atoms with E-state index in [1.807, 2.05) is 6.07 Å². The molecular weight excluding hydrogens is 236 g/mol. The Morgan fingerprint density at radius 1 is 1.05 bits per heavy atom. The maximum atomic E-state index is 12.0. The largest absolute Gasteiger partial charge is 0.464 e. The van der Waals surface area contributed by atoms with Crippen molar-refractivity contribution in [3.8, 4) is 0 Å². The normalized spacial score (nSPS) is 37.8. The van der Waals surface area contributed by atoms with Crippen LogP contribution in [0.2, 0.25) is 0 Å². The summed E-state index contributed by atoms with van der Waals surface area (Å²) in [4.78, 5) is 12.0. The number of carbonyl (C=O) groups is 1. The summed E-state index contributed by atoms with van der Waals surface area (Å²) in [6.45, 7) is 0.613. The first-order chi connectivity index (χ1) is 9.34. The lowest BCUT2D eigenvalue weighted by Crippen LogP contribution is -2.22. The standard InChI is InChI=1S/C17H20O2/c18-16-15-14(12-7-3-1-4-8-12)17(15,11-19-16)13-9-5-2-6-10-13/h2,5-6,9-10,12,14-15H,1,3-4,7-8,11H2/t14-,15?,17+/m1/s1. The van der Waals surface area contributed by atoms with Crippen molar-refractivity contribution in [2.75, 3.05) is 6.61 Å². The molecule has 1 unspecified atom stereocenters. The summed E-state index contributed by atoms with van der Waals surface area (Å²) in [6.07, 6.45) is 6.67. The van der Waals surface area contributed by atoms with Gasteiger partial charge in [-0.1, -0.05) is 62.4 Å². The lowest BCUT2D eigenvalue weighted by Gasteiger charge is -2.25. The van der Waals surface area contributed by atoms with Crippen LogP contribution in [0, 0.1) is 17.8 Å². The zero-order valence-electron chi connectivity index (χ0n) is 11.2. The summed E-state index contributed by atoms with van der Waals surface area (Å²) < 4.78 is 5.35. The fourth-order valence-electron chi connectivity index (χ4n) is 4.68. The second-order valence-corrected chi connectivity index (χ2v) is 6.42. The van der Waals surface area contributed by atoms with E-state index in [4.69, 9.17) is 4.74 Å². The Kier molecular flexibility index (Phi) is 2.48. The highest BCUT2D eigenvalue weighted by Crippen LogP contribution is 2.68. The number of rotatable bonds is 2. The van der Waals surface area contributed by atoms with Gasteiger partial charge < -0.3 is 4.74 Å². The molecule has 4 rings (SSSR count). The summed E-state index contributed by atoms with van der Waals surface area (Å²) in [6, 6.07) is 10.6. The minimum atomic E-state index is 0.0281. The smallest absolute Gasteiger partial charge is 0.310 e. The van der Waals surface area contributed by atoms with Crippen LogP contribution in [-0.2, 0) is 14.9 Å². The number of carbonyl (C=O) groups excluding carboxylic acids is 1. The molecule has 1 saturated heterocycles. The van der Waals surface area contributed by atoms with Crippen LogP contribution in [0.3, 0.4) is 0 Å². The third-order valence-electron chi connectivity index (χ3n) is 5.58. The first kappa shape index (κ1) is 11.5. The molecule has 3 fully saturated rings. The summed E-state index contributed by atoms with van der Waals surface area (Å²) >= 11 is 0. The van der Waals surface area contributed by atoms with Crippen molar-refractivity contribution >= 4 is 5.97 Å². The second-order valence-electron chi connectivity index (χ2n) is 6.42. The van der Waals surface area contributed by atoms with E-state index < -0.39 is 0 Å². The monoisotopic (exact) mass is 256 g/mol. The zero-order valence-corrected chi connectivity index (χ0v) is 11.2. The molecule has 1 heterocycles. The fraction of sp³-hybridized carbons (Fsp3) is 0.588. The van der Waals surface area contributed by atoms with Crippen LogP contribution in [-0.4, -0.2) is 12.6 Å². The second kappa shape index (κ2) is 4.09. The van der Waals surface area contributed by atoms with E-state index in [0.29, 0.717) is 12.5 Å². The Hall–Kier alpha value is -1.31. The number of fused-ring (bicyclic) bond motifs is 1. The number of cyclic esters (lactones) is 1. The molecule has 0 bridgehead atoms. The van der Waals surface area contributed by atoms with Gasteiger partial charge in [-0.2, -0.15) is 0 Å². The van der Waals surface area contributed by atoms with Crippen molar-refractivity contribution in [2.45, 2.75) is 37.5 Å². The van der Waals surface area contributed by atoms with Crippen molar-refractivity contribution in [1.29, 1.82) is 0 Å². The Balaban J connectivity index is 1.68. The zero-order chi connectivity index (χ0) is 12.9. The third kappa shape index (κ3) is 1.52. The molecular formula is C17H20O2. The summed E-state index contributed by atoms with van der Waals surface area (Å²) in [5.41, 5.74) is 1.35. The van der Waals surface area contributed by atoms with Crippen LogP contribution in [0.4, 0.5) is 0 Å². The van der Waals surface area contributed by atoms with Gasteiger partial charge in [-0.25, -0.2) is 0 Å². The molecule has 0 amide bonds. The minimum Gasteiger partial charge on any atom is -0.464 e. The van der Waals surface area contributed by atoms with Gasteiger partial charge in [-0.3, -0.25) is 4.79 Å². The van der Waals surface area contributed by atoms with Crippen molar-refractivity contribution in [3.63, 3.8) is 0 Å². The van der Waals surface area contributed by atoms with E-state index in [9.17, 15) is 4.79 Å². The number of benzene rings is 1. The van der Waals surface area contributed by atoms with Crippen LogP contribution >= 0.6 is 0 Å². The maximum absolute atomic E-state index is 12.0. The number of hydrogen-bond donors (Lipinski definition) is 0. The number of esters is 1. The first-order valence-electron chi connectivity index (χ1n) is 7.56. The molecule has 100 valence electrons. The highest BCUT2D eigenvalue weighted by atomic mass is 16.5. The van der Waals surface area contributed by atoms with Gasteiger partial charge >= 0.3 is 5.97 Å². The average molecular weight is 256 g/mol. The van der Waals surface area contributed by atoms with Gasteiger partial charge in [0.15, 0.2) is 0 Å². The maximum Gasteiger partial charge on any atom is 0.310 e. The molecule has 3 atom stereocenters. The van der Waals surface area contributed by atoms with E-state index in [-0.39, 0.29) is 17.3 Å². The third-order valence-corrected chi connectivity index (χ3v) is 5.58. The van der Waals surface area contributed by atoms with Crippen LogP contribution in [0.25, 0.3) is 0 Å². The lowest BCUT2D eigenvalue weighted by atomic mass is 9.81. The summed E-state index contributed by atoms with van der Waals surface area (Å²) in [5.74, 6) is 1.50. The Labute approximate surface area is 114 Å². The average Bonchev–Trinajstić information content (AvgIpc) is 3.06. The van der Waals surface area contributed by atoms with Crippen molar-refractivity contribution in [2.24, 2.45) is 17.8 Å². The topological polar surface area (TPSA) is 26.3 Å². The molecule has 0 aromatic heterocycles. The molecule has 2 aliphatic carbocycles. The van der Waals surface area contributed by atoms with Gasteiger partial charge in [-0.15, -0.1) is 0 Å². The van der Waals surface area contributed by atoms with Gasteiger partial charge in [0.25, 0.3) is 0 Å². The van der Waals surface area contributed by atoms with Crippen molar-refractivity contribution in [3.05, 3.63) is 35.9 Å². The van der Waals surface area contributed by atoms with Gasteiger partial charge in [0.05, 0.1) is 5.92 Å². The molecule has 2 nitrogen and oxygen atoms in total. The molecule has 0 radical (unpaired) electrons. The summed E-state index contributed by atoms with van der Waals surface area (Å²) in [5, 5.41) is 0. The van der Waals surface area contributed by atoms with E-state index in [2.05, 4.69) is 24.3 Å². The SMILES string of the molecule is O=C1OC[C@@]2(c3ccccc3)C1[C@H]2C1CCCCC1. The van der Waals surface area contributed by atoms with Gasteiger partial charge in [0.2, 0.25) is 0 Å². The molecule has 1 aliphatic heterocycles. The Morgan fingerprint density at radius 3 is 2.53 bits per heavy atom. The Bertz CT molecular complexity index is 489. The number of hydrogen-bond acceptors (Lipinski definition) is 2. The van der Waals surface area contributed by atoms with Crippen molar-refractivity contribution < 1.29 is 9.53 Å². The predicted molar refractivity (Wildman–Crippen MR) is 72.6 cm³/mol. The van der Waals surface area contributed by atoms with Crippen LogP contribution < -0.4 is 0 Å². The fourth-order valence-corrected chi connectivity index (χ4v) is 4.68. The number of ether oxygens (including phenoxy) is 1. The molecule has 0 spiro atoms. The van der Waals surface area contributed by atoms with Gasteiger partial charge in [0, 0.05) is 5.41 Å². The van der Waals surface area contributed by atoms with E-state index >= 15 is 0 Å². The van der Waals surface area contributed by atoms with E-state index in [1.54, 1.807) is 0 Å². The Morgan fingerprint density at radius 2 is 1.79 bits per heavy atom. The molecule has 2 saturated carbocycles. The molecule has 19 heavy (non-hydrogen) atoms. The molecule has 1 aromatic rings. The highest BCUT2D eigenvalue weighted by Gasteiger charge is 2.75. The van der Waals surface area contributed by atoms with Gasteiger partial charge in [-0.05, 0) is 17.4 Å².